The lowest BCUT2D eigenvalue weighted by atomic mass is 10.1. The minimum absolute atomic E-state index is 0.104. The Balaban J connectivity index is 2.12. The van der Waals surface area contributed by atoms with Crippen molar-refractivity contribution in [2.75, 3.05) is 27.4 Å². The molecule has 0 saturated carbocycles. The molecule has 0 aliphatic heterocycles. The van der Waals surface area contributed by atoms with Crippen molar-refractivity contribution in [1.82, 2.24) is 4.57 Å². The predicted octanol–water partition coefficient (Wildman–Crippen LogP) is 4.12. The van der Waals surface area contributed by atoms with Crippen molar-refractivity contribution in [1.29, 1.82) is 0 Å². The number of ether oxygens (including phenoxy) is 3. The van der Waals surface area contributed by atoms with Crippen LogP contribution in [-0.4, -0.2) is 43.8 Å². The number of nitrogens with zero attached hydrogens (tertiary/aromatic N) is 1. The maximum atomic E-state index is 12.6. The lowest BCUT2D eigenvalue weighted by Gasteiger charge is -2.17. The first-order valence-electron chi connectivity index (χ1n) is 8.51. The van der Waals surface area contributed by atoms with Crippen LogP contribution in [0.4, 0.5) is 0 Å². The third-order valence-electron chi connectivity index (χ3n) is 4.36. The van der Waals surface area contributed by atoms with Crippen LogP contribution in [0.25, 0.3) is 0 Å². The molecule has 0 N–H and O–H groups in total. The Morgan fingerprint density at radius 2 is 1.85 bits per heavy atom. The van der Waals surface area contributed by atoms with E-state index in [-0.39, 0.29) is 18.4 Å². The van der Waals surface area contributed by atoms with Gasteiger partial charge in [0.2, 0.25) is 5.78 Å². The van der Waals surface area contributed by atoms with E-state index in [4.69, 9.17) is 14.2 Å². The first kappa shape index (κ1) is 21.2. The number of aromatic nitrogens is 1. The number of ketones is 1. The number of carbonyl (C=O) groups excluding carboxylic acids is 2. The maximum Gasteiger partial charge on any atom is 0.339 e. The molecular weight excluding hydrogens is 414 g/mol. The molecule has 7 heteroatoms. The third-order valence-corrected chi connectivity index (χ3v) is 5.05. The molecule has 0 fully saturated rings. The monoisotopic (exact) mass is 437 g/mol. The zero-order chi connectivity index (χ0) is 20.1. The van der Waals surface area contributed by atoms with Crippen molar-refractivity contribution < 1.29 is 23.8 Å². The quantitative estimate of drug-likeness (QED) is 0.458. The molecular formula is C20H24BrNO5. The highest BCUT2D eigenvalue weighted by atomic mass is 79.9. The number of rotatable bonds is 8. The maximum absolute atomic E-state index is 12.6. The summed E-state index contributed by atoms with van der Waals surface area (Å²) < 4.78 is 18.2. The van der Waals surface area contributed by atoms with Gasteiger partial charge in [0.25, 0.3) is 0 Å². The molecule has 0 aliphatic rings. The molecule has 0 radical (unpaired) electrons. The van der Waals surface area contributed by atoms with Gasteiger partial charge >= 0.3 is 5.97 Å². The minimum Gasteiger partial charge on any atom is -0.497 e. The number of aryl methyl sites for hydroxylation is 1. The van der Waals surface area contributed by atoms with Crippen LogP contribution < -0.4 is 4.74 Å². The molecule has 1 heterocycles. The van der Waals surface area contributed by atoms with Crippen molar-refractivity contribution >= 4 is 27.7 Å². The number of hydrogen-bond acceptors (Lipinski definition) is 5. The largest absolute Gasteiger partial charge is 0.497 e. The van der Waals surface area contributed by atoms with Gasteiger partial charge in [0.1, 0.15) is 5.75 Å². The molecule has 0 aliphatic carbocycles. The van der Waals surface area contributed by atoms with Gasteiger partial charge in [-0.1, -0.05) is 0 Å². The molecule has 6 nitrogen and oxygen atoms in total. The topological polar surface area (TPSA) is 66.8 Å². The Labute approximate surface area is 167 Å². The van der Waals surface area contributed by atoms with Gasteiger partial charge in [0, 0.05) is 28.5 Å². The van der Waals surface area contributed by atoms with Crippen LogP contribution in [0.3, 0.4) is 0 Å². The fourth-order valence-electron chi connectivity index (χ4n) is 3.13. The number of Topliss-reactive ketones (excluding diaryl/α,β-unsaturated/α-hetero) is 1. The van der Waals surface area contributed by atoms with Crippen molar-refractivity contribution in [2.45, 2.75) is 26.8 Å². The van der Waals surface area contributed by atoms with E-state index in [0.29, 0.717) is 28.0 Å². The Morgan fingerprint density at radius 3 is 2.48 bits per heavy atom. The van der Waals surface area contributed by atoms with Gasteiger partial charge < -0.3 is 18.8 Å². The lowest BCUT2D eigenvalue weighted by molar-refractivity contribution is 0.0473. The van der Waals surface area contributed by atoms with E-state index < -0.39 is 5.97 Å². The molecule has 1 aromatic carbocycles. The second-order valence-corrected chi connectivity index (χ2v) is 7.16. The van der Waals surface area contributed by atoms with Crippen LogP contribution in [0.5, 0.6) is 5.75 Å². The number of benzene rings is 1. The van der Waals surface area contributed by atoms with Crippen molar-refractivity contribution in [3.05, 3.63) is 51.3 Å². The number of hydrogen-bond donors (Lipinski definition) is 0. The smallest absolute Gasteiger partial charge is 0.339 e. The summed E-state index contributed by atoms with van der Waals surface area (Å²) in [7, 11) is 3.16. The summed E-state index contributed by atoms with van der Waals surface area (Å²) in [6.07, 6.45) is 0. The van der Waals surface area contributed by atoms with Gasteiger partial charge in [-0.3, -0.25) is 4.79 Å². The zero-order valence-electron chi connectivity index (χ0n) is 16.2. The van der Waals surface area contributed by atoms with Crippen molar-refractivity contribution in [2.24, 2.45) is 0 Å². The molecule has 1 atom stereocenters. The molecule has 2 aromatic rings. The van der Waals surface area contributed by atoms with E-state index in [1.165, 1.54) is 7.11 Å². The van der Waals surface area contributed by atoms with Gasteiger partial charge in [-0.25, -0.2) is 4.79 Å². The molecule has 1 aromatic heterocycles. The van der Waals surface area contributed by atoms with Crippen LogP contribution in [0.2, 0.25) is 0 Å². The number of esters is 1. The van der Waals surface area contributed by atoms with Gasteiger partial charge in [-0.15, -0.1) is 0 Å². The summed E-state index contributed by atoms with van der Waals surface area (Å²) >= 11 is 3.31. The summed E-state index contributed by atoms with van der Waals surface area (Å²) in [5, 5.41) is 0. The van der Waals surface area contributed by atoms with Gasteiger partial charge in [-0.05, 0) is 61.0 Å². The first-order chi connectivity index (χ1) is 12.8. The fourth-order valence-corrected chi connectivity index (χ4v) is 3.54. The molecule has 146 valence electrons. The summed E-state index contributed by atoms with van der Waals surface area (Å²) in [5.41, 5.74) is 2.65. The Bertz CT molecular complexity index is 843. The summed E-state index contributed by atoms with van der Waals surface area (Å²) in [6.45, 7) is 6.06. The first-order valence-corrected chi connectivity index (χ1v) is 9.30. The standard InChI is InChI=1S/C20H24BrNO5/c1-12-8-16(14(3)22(12)13(2)10-25-4)19(23)11-27-20(24)17-9-15(26-5)6-7-18(17)21/h6-9,13H,10-11H2,1-5H3. The van der Waals surface area contributed by atoms with Crippen LogP contribution in [0, 0.1) is 13.8 Å². The van der Waals surface area contributed by atoms with E-state index >= 15 is 0 Å². The summed E-state index contributed by atoms with van der Waals surface area (Å²) in [6, 6.07) is 6.91. The molecule has 0 amide bonds. The SMILES string of the molecule is COCC(C)n1c(C)cc(C(=O)COC(=O)c2cc(OC)ccc2Br)c1C. The molecule has 0 saturated heterocycles. The van der Waals surface area contributed by atoms with Gasteiger partial charge in [0.15, 0.2) is 6.61 Å². The molecule has 2 rings (SSSR count). The van der Waals surface area contributed by atoms with Gasteiger partial charge in [0.05, 0.1) is 25.3 Å². The van der Waals surface area contributed by atoms with Crippen LogP contribution in [-0.2, 0) is 9.47 Å². The second kappa shape index (κ2) is 9.19. The molecule has 1 unspecified atom stereocenters. The number of methoxy groups -OCH3 is 2. The predicted molar refractivity (Wildman–Crippen MR) is 106 cm³/mol. The Hall–Kier alpha value is -2.12. The molecule has 0 spiro atoms. The summed E-state index contributed by atoms with van der Waals surface area (Å²) in [5.74, 6) is -0.297. The van der Waals surface area contributed by atoms with Crippen molar-refractivity contribution in [3.8, 4) is 5.75 Å². The average molecular weight is 438 g/mol. The Morgan fingerprint density at radius 1 is 1.15 bits per heavy atom. The average Bonchev–Trinajstić information content (AvgIpc) is 2.94. The van der Waals surface area contributed by atoms with Crippen LogP contribution in [0.1, 0.15) is 45.1 Å². The lowest BCUT2D eigenvalue weighted by Crippen LogP contribution is -2.17. The van der Waals surface area contributed by atoms with Crippen LogP contribution >= 0.6 is 15.9 Å². The molecule has 27 heavy (non-hydrogen) atoms. The van der Waals surface area contributed by atoms with E-state index in [1.807, 2.05) is 26.8 Å². The van der Waals surface area contributed by atoms with Crippen LogP contribution in [0.15, 0.2) is 28.7 Å². The number of carbonyl (C=O) groups is 2. The van der Waals surface area contributed by atoms with Gasteiger partial charge in [-0.2, -0.15) is 0 Å². The second-order valence-electron chi connectivity index (χ2n) is 6.30. The normalized spacial score (nSPS) is 11.9. The highest BCUT2D eigenvalue weighted by molar-refractivity contribution is 9.10. The third kappa shape index (κ3) is 4.78. The fraction of sp³-hybridized carbons (Fsp3) is 0.400. The zero-order valence-corrected chi connectivity index (χ0v) is 17.8. The van der Waals surface area contributed by atoms with E-state index in [1.54, 1.807) is 25.3 Å². The summed E-state index contributed by atoms with van der Waals surface area (Å²) in [4.78, 5) is 24.9. The highest BCUT2D eigenvalue weighted by Crippen LogP contribution is 2.24. The Kier molecular flexibility index (Phi) is 7.21. The highest BCUT2D eigenvalue weighted by Gasteiger charge is 2.21. The van der Waals surface area contributed by atoms with Crippen molar-refractivity contribution in [3.63, 3.8) is 0 Å². The van der Waals surface area contributed by atoms with E-state index in [9.17, 15) is 9.59 Å². The molecule has 0 bridgehead atoms. The minimum atomic E-state index is -0.587. The van der Waals surface area contributed by atoms with E-state index in [0.717, 1.165) is 11.4 Å². The van der Waals surface area contributed by atoms with E-state index in [2.05, 4.69) is 20.5 Å². The number of halogens is 1.